The number of aromatic nitrogens is 1. The van der Waals surface area contributed by atoms with Gasteiger partial charge >= 0.3 is 0 Å². The molecule has 0 bridgehead atoms. The van der Waals surface area contributed by atoms with E-state index in [-0.39, 0.29) is 5.56 Å². The van der Waals surface area contributed by atoms with Crippen molar-refractivity contribution >= 4 is 5.69 Å². The fourth-order valence-electron chi connectivity index (χ4n) is 3.01. The molecule has 2 rings (SSSR count). The van der Waals surface area contributed by atoms with Crippen LogP contribution in [0.1, 0.15) is 39.0 Å². The fraction of sp³-hybridized carbons (Fsp3) is 0.667. The van der Waals surface area contributed by atoms with Gasteiger partial charge in [-0.1, -0.05) is 26.2 Å². The van der Waals surface area contributed by atoms with Crippen LogP contribution in [0.5, 0.6) is 0 Å². The number of anilines is 1. The van der Waals surface area contributed by atoms with Crippen LogP contribution in [0.15, 0.2) is 23.1 Å². The normalized spacial score (nSPS) is 16.9. The lowest BCUT2D eigenvalue weighted by Gasteiger charge is -2.33. The highest BCUT2D eigenvalue weighted by atomic mass is 16.1. The van der Waals surface area contributed by atoms with Crippen LogP contribution in [0.4, 0.5) is 5.69 Å². The van der Waals surface area contributed by atoms with Crippen molar-refractivity contribution < 1.29 is 0 Å². The molecule has 1 aliphatic carbocycles. The molecule has 4 heteroatoms. The Morgan fingerprint density at radius 2 is 2.05 bits per heavy atom. The van der Waals surface area contributed by atoms with Gasteiger partial charge < -0.3 is 10.3 Å². The van der Waals surface area contributed by atoms with Crippen molar-refractivity contribution in [1.29, 1.82) is 0 Å². The molecule has 0 aliphatic heterocycles. The average molecular weight is 263 g/mol. The van der Waals surface area contributed by atoms with Gasteiger partial charge in [0.25, 0.3) is 5.56 Å². The lowest BCUT2D eigenvalue weighted by atomic mass is 9.94. The van der Waals surface area contributed by atoms with Gasteiger partial charge in [0.2, 0.25) is 0 Å². The van der Waals surface area contributed by atoms with E-state index in [2.05, 4.69) is 11.8 Å². The summed E-state index contributed by atoms with van der Waals surface area (Å²) >= 11 is 0. The molecule has 0 atom stereocenters. The number of hydrogen-bond acceptors (Lipinski definition) is 3. The van der Waals surface area contributed by atoms with Gasteiger partial charge in [-0.25, -0.2) is 0 Å². The standard InChI is InChI=1S/C15H25N3O/c1-2-17(14-6-4-3-5-7-14)10-11-18-12-13(16)8-9-15(18)19/h8-9,12,14H,2-7,10-11,16H2,1H3. The molecule has 0 aromatic carbocycles. The van der Waals surface area contributed by atoms with Crippen molar-refractivity contribution in [3.8, 4) is 0 Å². The van der Waals surface area contributed by atoms with E-state index in [1.807, 2.05) is 0 Å². The third-order valence-corrected chi connectivity index (χ3v) is 4.13. The van der Waals surface area contributed by atoms with Crippen molar-refractivity contribution in [2.24, 2.45) is 0 Å². The molecule has 4 nitrogen and oxygen atoms in total. The molecule has 19 heavy (non-hydrogen) atoms. The molecule has 0 saturated heterocycles. The summed E-state index contributed by atoms with van der Waals surface area (Å²) in [5, 5.41) is 0. The largest absolute Gasteiger partial charge is 0.398 e. The first-order chi connectivity index (χ1) is 9.20. The minimum Gasteiger partial charge on any atom is -0.398 e. The first kappa shape index (κ1) is 14.1. The van der Waals surface area contributed by atoms with E-state index >= 15 is 0 Å². The Kier molecular flexibility index (Phi) is 5.02. The van der Waals surface area contributed by atoms with E-state index in [1.54, 1.807) is 22.9 Å². The SMILES string of the molecule is CCN(CCn1cc(N)ccc1=O)C1CCCCC1. The highest BCUT2D eigenvalue weighted by Crippen LogP contribution is 2.22. The fourth-order valence-corrected chi connectivity index (χ4v) is 3.01. The molecular formula is C15H25N3O. The van der Waals surface area contributed by atoms with Crippen LogP contribution in [0.3, 0.4) is 0 Å². The highest BCUT2D eigenvalue weighted by molar-refractivity contribution is 5.33. The summed E-state index contributed by atoms with van der Waals surface area (Å²) < 4.78 is 1.72. The Morgan fingerprint density at radius 1 is 1.32 bits per heavy atom. The van der Waals surface area contributed by atoms with E-state index < -0.39 is 0 Å². The minimum atomic E-state index is 0.0360. The van der Waals surface area contributed by atoms with E-state index in [0.29, 0.717) is 11.7 Å². The summed E-state index contributed by atoms with van der Waals surface area (Å²) in [6.45, 7) is 4.93. The molecule has 1 fully saturated rings. The number of nitrogen functional groups attached to an aromatic ring is 1. The predicted molar refractivity (Wildman–Crippen MR) is 79.2 cm³/mol. The van der Waals surface area contributed by atoms with Crippen molar-refractivity contribution in [1.82, 2.24) is 9.47 Å². The first-order valence-corrected chi connectivity index (χ1v) is 7.40. The molecular weight excluding hydrogens is 238 g/mol. The molecule has 1 aliphatic rings. The van der Waals surface area contributed by atoms with Gasteiger partial charge in [-0.2, -0.15) is 0 Å². The highest BCUT2D eigenvalue weighted by Gasteiger charge is 2.19. The Hall–Kier alpha value is -1.29. The topological polar surface area (TPSA) is 51.3 Å². The molecule has 2 N–H and O–H groups in total. The molecule has 0 unspecified atom stereocenters. The summed E-state index contributed by atoms with van der Waals surface area (Å²) in [5.41, 5.74) is 6.42. The zero-order valence-corrected chi connectivity index (χ0v) is 11.8. The third-order valence-electron chi connectivity index (χ3n) is 4.13. The van der Waals surface area contributed by atoms with Crippen LogP contribution in [0, 0.1) is 0 Å². The van der Waals surface area contributed by atoms with Crippen molar-refractivity contribution in [2.75, 3.05) is 18.8 Å². The predicted octanol–water partition coefficient (Wildman–Crippen LogP) is 2.09. The van der Waals surface area contributed by atoms with Crippen LogP contribution < -0.4 is 11.3 Å². The summed E-state index contributed by atoms with van der Waals surface area (Å²) in [6.07, 6.45) is 8.43. The zero-order chi connectivity index (χ0) is 13.7. The van der Waals surface area contributed by atoms with Gasteiger partial charge in [0.05, 0.1) is 0 Å². The molecule has 0 amide bonds. The number of pyridine rings is 1. The van der Waals surface area contributed by atoms with Gasteiger partial charge in [-0.15, -0.1) is 0 Å². The molecule has 0 radical (unpaired) electrons. The molecule has 1 aromatic rings. The van der Waals surface area contributed by atoms with Gasteiger partial charge in [-0.05, 0) is 25.5 Å². The number of rotatable bonds is 5. The minimum absolute atomic E-state index is 0.0360. The van der Waals surface area contributed by atoms with Gasteiger partial charge in [0.1, 0.15) is 0 Å². The maximum Gasteiger partial charge on any atom is 0.250 e. The van der Waals surface area contributed by atoms with E-state index in [0.717, 1.165) is 19.6 Å². The number of likely N-dealkylation sites (N-methyl/N-ethyl adjacent to an activating group) is 1. The lowest BCUT2D eigenvalue weighted by Crippen LogP contribution is -2.39. The van der Waals surface area contributed by atoms with Crippen LogP contribution in [0.25, 0.3) is 0 Å². The second-order valence-electron chi connectivity index (χ2n) is 5.41. The maximum atomic E-state index is 11.7. The number of nitrogens with two attached hydrogens (primary N) is 1. The Labute approximate surface area is 115 Å². The summed E-state index contributed by atoms with van der Waals surface area (Å²) in [4.78, 5) is 14.2. The van der Waals surface area contributed by atoms with E-state index in [9.17, 15) is 4.79 Å². The Bertz CT molecular complexity index is 449. The Balaban J connectivity index is 1.95. The monoisotopic (exact) mass is 263 g/mol. The second-order valence-corrected chi connectivity index (χ2v) is 5.41. The third kappa shape index (κ3) is 3.83. The van der Waals surface area contributed by atoms with E-state index in [1.165, 1.54) is 32.1 Å². The zero-order valence-electron chi connectivity index (χ0n) is 11.8. The summed E-state index contributed by atoms with van der Waals surface area (Å²) in [5.74, 6) is 0. The molecule has 106 valence electrons. The molecule has 1 aromatic heterocycles. The van der Waals surface area contributed by atoms with Crippen molar-refractivity contribution in [2.45, 2.75) is 51.6 Å². The second kappa shape index (κ2) is 6.75. The quantitative estimate of drug-likeness (QED) is 0.885. The number of nitrogens with zero attached hydrogens (tertiary/aromatic N) is 2. The van der Waals surface area contributed by atoms with Gasteiger partial charge in [0.15, 0.2) is 0 Å². The maximum absolute atomic E-state index is 11.7. The molecule has 1 heterocycles. The van der Waals surface area contributed by atoms with Crippen LogP contribution in [0.2, 0.25) is 0 Å². The van der Waals surface area contributed by atoms with Crippen LogP contribution in [-0.4, -0.2) is 28.6 Å². The average Bonchev–Trinajstić information content (AvgIpc) is 2.44. The van der Waals surface area contributed by atoms with Gasteiger partial charge in [-0.3, -0.25) is 9.69 Å². The van der Waals surface area contributed by atoms with Crippen LogP contribution >= 0.6 is 0 Å². The summed E-state index contributed by atoms with van der Waals surface area (Å²) in [6, 6.07) is 3.92. The van der Waals surface area contributed by atoms with Crippen LogP contribution in [-0.2, 0) is 6.54 Å². The molecule has 1 saturated carbocycles. The first-order valence-electron chi connectivity index (χ1n) is 7.40. The number of hydrogen-bond donors (Lipinski definition) is 1. The van der Waals surface area contributed by atoms with Gasteiger partial charge in [0, 0.05) is 37.1 Å². The lowest BCUT2D eigenvalue weighted by molar-refractivity contribution is 0.158. The Morgan fingerprint density at radius 3 is 2.74 bits per heavy atom. The van der Waals surface area contributed by atoms with E-state index in [4.69, 9.17) is 5.73 Å². The van der Waals surface area contributed by atoms with Crippen molar-refractivity contribution in [3.05, 3.63) is 28.7 Å². The van der Waals surface area contributed by atoms with Crippen molar-refractivity contribution in [3.63, 3.8) is 0 Å². The summed E-state index contributed by atoms with van der Waals surface area (Å²) in [7, 11) is 0. The molecule has 0 spiro atoms. The smallest absolute Gasteiger partial charge is 0.250 e.